The summed E-state index contributed by atoms with van der Waals surface area (Å²) in [6, 6.07) is 2.60. The van der Waals surface area contributed by atoms with Gasteiger partial charge in [-0.3, -0.25) is 4.40 Å². The Morgan fingerprint density at radius 1 is 1.19 bits per heavy atom. The number of aromatic nitrogens is 4. The van der Waals surface area contributed by atoms with Crippen LogP contribution < -0.4 is 5.73 Å². The zero-order chi connectivity index (χ0) is 27.3. The van der Waals surface area contributed by atoms with Crippen LogP contribution in [0.1, 0.15) is 11.1 Å². The number of oxazole rings is 1. The third kappa shape index (κ3) is 4.44. The summed E-state index contributed by atoms with van der Waals surface area (Å²) in [5, 5.41) is 20.3. The highest BCUT2D eigenvalue weighted by Gasteiger charge is 2.63. The summed E-state index contributed by atoms with van der Waals surface area (Å²) in [6.45, 7) is 1.49. The lowest BCUT2D eigenvalue weighted by atomic mass is 9.89. The largest absolute Gasteiger partial charge is 0.491 e. The van der Waals surface area contributed by atoms with Crippen LogP contribution >= 0.6 is 0 Å². The van der Waals surface area contributed by atoms with E-state index in [2.05, 4.69) is 19.7 Å². The molecule has 0 saturated carbocycles. The molecule has 0 bridgehead atoms. The number of rotatable bonds is 5. The molecule has 16 heteroatoms. The summed E-state index contributed by atoms with van der Waals surface area (Å²) in [5.74, 6) is -2.99. The third-order valence-electron chi connectivity index (χ3n) is 5.40. The minimum Gasteiger partial charge on any atom is -0.442 e. The number of hydrogen-bond donors (Lipinski definition) is 3. The summed E-state index contributed by atoms with van der Waals surface area (Å²) < 4.78 is 89.5. The Morgan fingerprint density at radius 2 is 1.89 bits per heavy atom. The topological polar surface area (TPSA) is 149 Å². The van der Waals surface area contributed by atoms with Crippen LogP contribution in [0.25, 0.3) is 28.4 Å². The molecule has 0 amide bonds. The number of nitrogens with zero attached hydrogens (tertiary/aromatic N) is 4. The molecule has 3 aromatic heterocycles. The monoisotopic (exact) mass is 531 g/mol. The normalized spacial score (nSPS) is 14.9. The second-order valence-corrected chi connectivity index (χ2v) is 7.76. The van der Waals surface area contributed by atoms with Gasteiger partial charge in [0.2, 0.25) is 11.9 Å². The Balaban J connectivity index is 1.86. The van der Waals surface area contributed by atoms with Gasteiger partial charge in [-0.1, -0.05) is 12.1 Å². The maximum absolute atomic E-state index is 13.9. The van der Waals surface area contributed by atoms with Crippen molar-refractivity contribution in [3.8, 4) is 22.7 Å². The van der Waals surface area contributed by atoms with Gasteiger partial charge in [-0.2, -0.15) is 26.3 Å². The number of anilines is 1. The van der Waals surface area contributed by atoms with Crippen LogP contribution in [0, 0.1) is 6.92 Å². The van der Waals surface area contributed by atoms with Crippen molar-refractivity contribution in [2.75, 3.05) is 5.73 Å². The first-order valence-corrected chi connectivity index (χ1v) is 10.0. The molecule has 0 aliphatic heterocycles. The van der Waals surface area contributed by atoms with Crippen LogP contribution in [0.2, 0.25) is 0 Å². The second kappa shape index (κ2) is 8.74. The summed E-state index contributed by atoms with van der Waals surface area (Å²) >= 11 is 0. The minimum atomic E-state index is -5.78. The molecule has 196 valence electrons. The number of hydrogen-bond acceptors (Lipinski definition) is 9. The molecule has 4 aromatic rings. The van der Waals surface area contributed by atoms with Crippen molar-refractivity contribution >= 4 is 17.4 Å². The fourth-order valence-corrected chi connectivity index (χ4v) is 3.51. The number of esters is 1. The summed E-state index contributed by atoms with van der Waals surface area (Å²) in [5.41, 5.74) is 1.19. The van der Waals surface area contributed by atoms with E-state index in [4.69, 9.17) is 10.2 Å². The van der Waals surface area contributed by atoms with Crippen LogP contribution in [0.5, 0.6) is 0 Å². The molecule has 37 heavy (non-hydrogen) atoms. The number of ether oxygens (including phenoxy) is 1. The molecule has 0 aliphatic carbocycles. The van der Waals surface area contributed by atoms with Gasteiger partial charge in [0.25, 0.3) is 0 Å². The van der Waals surface area contributed by atoms with Crippen molar-refractivity contribution < 1.29 is 50.5 Å². The highest BCUT2D eigenvalue weighted by atomic mass is 19.4. The predicted molar refractivity (Wildman–Crippen MR) is 111 cm³/mol. The van der Waals surface area contributed by atoms with Crippen LogP contribution in [-0.2, 0) is 15.1 Å². The number of aryl methyl sites for hydroxylation is 1. The first-order valence-electron chi connectivity index (χ1n) is 10.0. The fourth-order valence-electron chi connectivity index (χ4n) is 3.51. The minimum absolute atomic E-state index is 0.0103. The molecule has 0 aliphatic rings. The van der Waals surface area contributed by atoms with Crippen molar-refractivity contribution in [2.45, 2.75) is 31.2 Å². The van der Waals surface area contributed by atoms with E-state index in [0.29, 0.717) is 5.56 Å². The van der Waals surface area contributed by atoms with E-state index in [1.165, 1.54) is 29.9 Å². The van der Waals surface area contributed by atoms with E-state index in [1.54, 1.807) is 0 Å². The number of nitrogen functional groups attached to an aromatic ring is 1. The second-order valence-electron chi connectivity index (χ2n) is 7.76. The molecule has 2 atom stereocenters. The van der Waals surface area contributed by atoms with Gasteiger partial charge in [0.05, 0.1) is 18.1 Å². The van der Waals surface area contributed by atoms with Crippen LogP contribution in [-0.4, -0.2) is 54.2 Å². The lowest BCUT2D eigenvalue weighted by Crippen LogP contribution is -2.54. The number of nitrogens with two attached hydrogens (primary N) is 1. The molecule has 4 N–H and O–H groups in total. The summed E-state index contributed by atoms with van der Waals surface area (Å²) in [7, 11) is 0. The Kier molecular flexibility index (Phi) is 6.12. The first kappa shape index (κ1) is 25.9. The average Bonchev–Trinajstić information content (AvgIpc) is 3.48. The maximum atomic E-state index is 13.9. The van der Waals surface area contributed by atoms with Gasteiger partial charge in [-0.25, -0.2) is 19.7 Å². The predicted octanol–water partition coefficient (Wildman–Crippen LogP) is 3.12. The molecular weight excluding hydrogens is 516 g/mol. The Bertz CT molecular complexity index is 1470. The Labute approximate surface area is 202 Å². The first-order chi connectivity index (χ1) is 17.1. The maximum Gasteiger partial charge on any atom is 0.491 e. The summed E-state index contributed by atoms with van der Waals surface area (Å²) in [6.07, 6.45) is -10.1. The number of benzene rings is 1. The molecule has 0 fully saturated rings. The van der Waals surface area contributed by atoms with Crippen molar-refractivity contribution in [3.63, 3.8) is 0 Å². The summed E-state index contributed by atoms with van der Waals surface area (Å²) in [4.78, 5) is 23.1. The molecule has 0 radical (unpaired) electrons. The number of carbonyl (C=O) groups excluding carboxylic acids is 1. The van der Waals surface area contributed by atoms with E-state index in [9.17, 15) is 41.4 Å². The van der Waals surface area contributed by atoms with E-state index in [-0.39, 0.29) is 34.2 Å². The van der Waals surface area contributed by atoms with Gasteiger partial charge in [-0.15, -0.1) is 0 Å². The SMILES string of the molecule is Cc1ccc(C(O)(C(O)OC(=O)C(F)(F)F)C(F)(F)F)cc1-c1cnc2c(N)nc(-c3cnco3)cn12. The molecule has 1 aromatic carbocycles. The van der Waals surface area contributed by atoms with Crippen molar-refractivity contribution in [1.82, 2.24) is 19.4 Å². The number of imidazole rings is 1. The van der Waals surface area contributed by atoms with Crippen molar-refractivity contribution in [2.24, 2.45) is 0 Å². The van der Waals surface area contributed by atoms with Gasteiger partial charge < -0.3 is 25.1 Å². The average molecular weight is 531 g/mol. The standard InChI is InChI=1S/C21H15F6N5O5/c1-9-2-3-10(19(35,21(25,26)27)17(33)37-18(34)20(22,23)24)4-11(9)13-5-30-16-15(28)31-12(7-32(13)16)14-6-29-8-36-14/h2-8,17,33,35H,1H3,(H2,28,31). The Morgan fingerprint density at radius 3 is 2.49 bits per heavy atom. The zero-order valence-electron chi connectivity index (χ0n) is 18.4. The van der Waals surface area contributed by atoms with Crippen molar-refractivity contribution in [1.29, 1.82) is 0 Å². The number of aliphatic hydroxyl groups excluding tert-OH is 1. The fraction of sp³-hybridized carbons (Fsp3) is 0.238. The quantitative estimate of drug-likeness (QED) is 0.201. The van der Waals surface area contributed by atoms with Gasteiger partial charge >= 0.3 is 18.3 Å². The number of alkyl halides is 6. The van der Waals surface area contributed by atoms with Crippen LogP contribution in [0.3, 0.4) is 0 Å². The Hall–Kier alpha value is -4.18. The molecule has 10 nitrogen and oxygen atoms in total. The molecule has 0 saturated heterocycles. The van der Waals surface area contributed by atoms with Gasteiger partial charge in [0.1, 0.15) is 5.69 Å². The van der Waals surface area contributed by atoms with Crippen LogP contribution in [0.15, 0.2) is 47.6 Å². The lowest BCUT2D eigenvalue weighted by Gasteiger charge is -2.34. The molecular formula is C21H15F6N5O5. The molecule has 2 unspecified atom stereocenters. The molecule has 0 spiro atoms. The van der Waals surface area contributed by atoms with Crippen LogP contribution in [0.4, 0.5) is 32.2 Å². The highest BCUT2D eigenvalue weighted by molar-refractivity contribution is 5.76. The van der Waals surface area contributed by atoms with E-state index >= 15 is 0 Å². The van der Waals surface area contributed by atoms with E-state index < -0.39 is 35.8 Å². The molecule has 3 heterocycles. The van der Waals surface area contributed by atoms with Gasteiger partial charge in [-0.05, 0) is 24.1 Å². The number of carbonyl (C=O) groups is 1. The lowest BCUT2D eigenvalue weighted by molar-refractivity contribution is -0.340. The number of aliphatic hydroxyl groups is 2. The van der Waals surface area contributed by atoms with Crippen molar-refractivity contribution in [3.05, 3.63) is 54.3 Å². The zero-order valence-corrected chi connectivity index (χ0v) is 18.4. The number of fused-ring (bicyclic) bond motifs is 1. The molecule has 4 rings (SSSR count). The van der Waals surface area contributed by atoms with Gasteiger partial charge in [0.15, 0.2) is 23.6 Å². The number of halogens is 6. The van der Waals surface area contributed by atoms with Gasteiger partial charge in [0, 0.05) is 11.8 Å². The van der Waals surface area contributed by atoms with E-state index in [1.807, 2.05) is 0 Å². The third-order valence-corrected chi connectivity index (χ3v) is 5.40. The van der Waals surface area contributed by atoms with E-state index in [0.717, 1.165) is 24.6 Å². The highest BCUT2D eigenvalue weighted by Crippen LogP contribution is 2.44. The smallest absolute Gasteiger partial charge is 0.442 e.